The summed E-state index contributed by atoms with van der Waals surface area (Å²) < 4.78 is 25.5. The number of rotatable bonds is 17. The maximum absolute atomic E-state index is 14.1. The minimum Gasteiger partial charge on any atom is -0.494 e. The van der Waals surface area contributed by atoms with Crippen LogP contribution < -0.4 is 25.1 Å². The van der Waals surface area contributed by atoms with Gasteiger partial charge >= 0.3 is 12.0 Å². The van der Waals surface area contributed by atoms with Crippen molar-refractivity contribution >= 4 is 46.9 Å². The predicted molar refractivity (Wildman–Crippen MR) is 166 cm³/mol. The number of H-pyrrole nitrogens is 1. The number of hydrogen-bond donors (Lipinski definition) is 3. The molecule has 11 nitrogen and oxygen atoms in total. The minimum atomic E-state index is -1.36. The van der Waals surface area contributed by atoms with Gasteiger partial charge in [0.05, 0.1) is 37.4 Å². The smallest absolute Gasteiger partial charge is 0.494 e. The second-order valence-electron chi connectivity index (χ2n) is 10.2. The van der Waals surface area contributed by atoms with E-state index in [0.717, 1.165) is 11.8 Å². The number of aliphatic carboxylic acids is 1. The van der Waals surface area contributed by atoms with Gasteiger partial charge in [0.15, 0.2) is 5.78 Å². The van der Waals surface area contributed by atoms with Crippen LogP contribution in [0.5, 0.6) is 17.5 Å². The number of hydrogen-bond acceptors (Lipinski definition) is 8. The van der Waals surface area contributed by atoms with Gasteiger partial charge in [-0.05, 0) is 48.2 Å². The molecule has 0 aliphatic rings. The number of ether oxygens (including phenoxy) is 2. The highest BCUT2D eigenvalue weighted by Gasteiger charge is 2.30. The summed E-state index contributed by atoms with van der Waals surface area (Å²) in [7, 11) is 0. The van der Waals surface area contributed by atoms with E-state index in [1.165, 1.54) is 18.2 Å². The Morgan fingerprint density at radius 1 is 1.13 bits per heavy atom. The summed E-state index contributed by atoms with van der Waals surface area (Å²) in [5.41, 5.74) is 0.717. The van der Waals surface area contributed by atoms with Crippen molar-refractivity contribution in [2.24, 2.45) is 5.92 Å². The van der Waals surface area contributed by atoms with E-state index >= 15 is 0 Å². The lowest BCUT2D eigenvalue weighted by Crippen LogP contribution is -2.54. The summed E-state index contributed by atoms with van der Waals surface area (Å²) >= 11 is 7.09. The third kappa shape index (κ3) is 11.0. The van der Waals surface area contributed by atoms with Gasteiger partial charge in [0.25, 0.3) is 0 Å². The number of thioether (sulfide) groups is 1. The zero-order valence-corrected chi connectivity index (χ0v) is 26.5. The number of halogens is 2. The minimum absolute atomic E-state index is 0.0752. The van der Waals surface area contributed by atoms with Crippen LogP contribution in [0.1, 0.15) is 38.3 Å². The Hall–Kier alpha value is -4.23. The SMILES string of the molecule is CCOc1ccc(Oc2nccc[nH+]2)cc1CC(=O)N[C@H](C(=O)N[C@@H](CC(=O)O)C(=O)CSCc1c(F)cccc1Cl)C(C)C. The Kier molecular flexibility index (Phi) is 13.6. The normalized spacial score (nSPS) is 12.2. The highest BCUT2D eigenvalue weighted by molar-refractivity contribution is 7.99. The number of nitrogens with one attached hydrogen (secondary N) is 3. The predicted octanol–water partition coefficient (Wildman–Crippen LogP) is 4.02. The fourth-order valence-electron chi connectivity index (χ4n) is 4.17. The van der Waals surface area contributed by atoms with Gasteiger partial charge in [-0.2, -0.15) is 0 Å². The molecule has 4 N–H and O–H groups in total. The van der Waals surface area contributed by atoms with Gasteiger partial charge in [-0.15, -0.1) is 11.8 Å². The van der Waals surface area contributed by atoms with Crippen LogP contribution in [0.4, 0.5) is 4.39 Å². The van der Waals surface area contributed by atoms with Gasteiger partial charge in [-0.25, -0.2) is 9.37 Å². The van der Waals surface area contributed by atoms with Gasteiger partial charge < -0.3 is 25.2 Å². The molecule has 2 atom stereocenters. The first-order valence-electron chi connectivity index (χ1n) is 14.1. The molecular formula is C31H35ClFN4O7S+. The number of aromatic amines is 1. The second-order valence-corrected chi connectivity index (χ2v) is 11.6. The largest absolute Gasteiger partial charge is 0.501 e. The number of carbonyl (C=O) groups is 4. The Morgan fingerprint density at radius 3 is 2.56 bits per heavy atom. The van der Waals surface area contributed by atoms with Gasteiger partial charge in [-0.3, -0.25) is 19.2 Å². The number of benzene rings is 2. The number of ketones is 1. The van der Waals surface area contributed by atoms with Crippen LogP contribution in [-0.4, -0.2) is 58.1 Å². The summed E-state index contributed by atoms with van der Waals surface area (Å²) in [6, 6.07) is 8.71. The highest BCUT2D eigenvalue weighted by atomic mass is 35.5. The van der Waals surface area contributed by atoms with Crippen molar-refractivity contribution in [1.82, 2.24) is 15.6 Å². The van der Waals surface area contributed by atoms with Crippen LogP contribution in [0.3, 0.4) is 0 Å². The third-order valence-electron chi connectivity index (χ3n) is 6.38. The van der Waals surface area contributed by atoms with Crippen molar-refractivity contribution in [2.45, 2.75) is 51.4 Å². The molecule has 3 aromatic rings. The van der Waals surface area contributed by atoms with Gasteiger partial charge in [0.2, 0.25) is 11.8 Å². The van der Waals surface area contributed by atoms with E-state index < -0.39 is 53.8 Å². The van der Waals surface area contributed by atoms with Crippen molar-refractivity contribution in [3.63, 3.8) is 0 Å². The Labute approximate surface area is 269 Å². The quantitative estimate of drug-likeness (QED) is 0.194. The number of carboxylic acid groups (broad SMARTS) is 1. The summed E-state index contributed by atoms with van der Waals surface area (Å²) in [6.07, 6.45) is 2.38. The molecule has 14 heteroatoms. The number of carbonyl (C=O) groups excluding carboxylic acids is 3. The number of amides is 2. The molecule has 0 saturated carbocycles. The molecule has 3 rings (SSSR count). The molecule has 0 fully saturated rings. The van der Waals surface area contributed by atoms with E-state index in [4.69, 9.17) is 21.1 Å². The molecule has 240 valence electrons. The van der Waals surface area contributed by atoms with E-state index in [0.29, 0.717) is 23.7 Å². The molecule has 1 heterocycles. The van der Waals surface area contributed by atoms with Gasteiger partial charge in [-0.1, -0.05) is 31.5 Å². The van der Waals surface area contributed by atoms with Crippen molar-refractivity contribution in [3.05, 3.63) is 76.8 Å². The zero-order valence-electron chi connectivity index (χ0n) is 25.0. The van der Waals surface area contributed by atoms with E-state index in [1.54, 1.807) is 57.4 Å². The highest BCUT2D eigenvalue weighted by Crippen LogP contribution is 2.27. The molecular weight excluding hydrogens is 627 g/mol. The fourth-order valence-corrected chi connectivity index (χ4v) is 5.48. The Morgan fingerprint density at radius 2 is 1.91 bits per heavy atom. The Balaban J connectivity index is 1.67. The molecule has 2 aromatic carbocycles. The molecule has 0 spiro atoms. The monoisotopic (exact) mass is 661 g/mol. The lowest BCUT2D eigenvalue weighted by Gasteiger charge is -2.25. The molecule has 0 saturated heterocycles. The van der Waals surface area contributed by atoms with Crippen LogP contribution in [0.2, 0.25) is 5.02 Å². The lowest BCUT2D eigenvalue weighted by molar-refractivity contribution is -0.396. The Bertz CT molecular complexity index is 1480. The van der Waals surface area contributed by atoms with Crippen LogP contribution >= 0.6 is 23.4 Å². The van der Waals surface area contributed by atoms with E-state index in [1.807, 2.05) is 0 Å². The van der Waals surface area contributed by atoms with Crippen LogP contribution in [0.25, 0.3) is 0 Å². The first-order chi connectivity index (χ1) is 21.5. The summed E-state index contributed by atoms with van der Waals surface area (Å²) in [4.78, 5) is 57.9. The molecule has 0 unspecified atom stereocenters. The maximum Gasteiger partial charge on any atom is 0.501 e. The van der Waals surface area contributed by atoms with Crippen molar-refractivity contribution in [3.8, 4) is 17.5 Å². The molecule has 2 amide bonds. The van der Waals surface area contributed by atoms with Gasteiger partial charge in [0.1, 0.15) is 29.6 Å². The zero-order chi connectivity index (χ0) is 32.9. The van der Waals surface area contributed by atoms with Crippen molar-refractivity contribution in [2.75, 3.05) is 12.4 Å². The molecule has 0 bridgehead atoms. The van der Waals surface area contributed by atoms with Crippen molar-refractivity contribution < 1.29 is 43.1 Å². The molecule has 45 heavy (non-hydrogen) atoms. The summed E-state index contributed by atoms with van der Waals surface area (Å²) in [6.45, 7) is 5.56. The first kappa shape index (κ1) is 35.3. The van der Waals surface area contributed by atoms with Gasteiger partial charge in [0, 0.05) is 28.0 Å². The van der Waals surface area contributed by atoms with E-state index in [-0.39, 0.29) is 34.5 Å². The molecule has 0 aliphatic heterocycles. The number of Topliss-reactive ketones (excluding diaryl/α,β-unsaturated/α-hetero) is 1. The summed E-state index contributed by atoms with van der Waals surface area (Å²) in [5.74, 6) is -3.29. The summed E-state index contributed by atoms with van der Waals surface area (Å²) in [5, 5.41) is 14.8. The molecule has 0 aliphatic carbocycles. The van der Waals surface area contributed by atoms with Crippen LogP contribution in [0, 0.1) is 11.7 Å². The topological polar surface area (TPSA) is 158 Å². The van der Waals surface area contributed by atoms with E-state index in [2.05, 4.69) is 20.6 Å². The number of nitrogens with zero attached hydrogens (tertiary/aromatic N) is 1. The first-order valence-corrected chi connectivity index (χ1v) is 15.6. The average molecular weight is 662 g/mol. The van der Waals surface area contributed by atoms with E-state index in [9.17, 15) is 28.7 Å². The third-order valence-corrected chi connectivity index (χ3v) is 7.72. The second kappa shape index (κ2) is 17.3. The lowest BCUT2D eigenvalue weighted by atomic mass is 10.0. The fraction of sp³-hybridized carbons (Fsp3) is 0.355. The number of carboxylic acids is 1. The van der Waals surface area contributed by atoms with Crippen LogP contribution in [-0.2, 0) is 31.4 Å². The molecule has 1 aromatic heterocycles. The maximum atomic E-state index is 14.1. The van der Waals surface area contributed by atoms with Crippen LogP contribution in [0.15, 0.2) is 54.9 Å². The average Bonchev–Trinajstić information content (AvgIpc) is 2.98. The number of aromatic nitrogens is 2. The van der Waals surface area contributed by atoms with Crippen molar-refractivity contribution in [1.29, 1.82) is 0 Å². The molecule has 0 radical (unpaired) electrons. The standard InChI is InChI=1S/C31H34ClFN4O7S/c1-4-43-26-10-9-20(44-31-34-11-6-12-35-31)13-19(26)14-27(39)37-29(18(2)3)30(42)36-24(15-28(40)41)25(38)17-45-16-21-22(32)7-5-8-23(21)33/h5-13,18,24,29H,4,14-17H2,1-3H3,(H,36,42)(H,37,39)(H,40,41)/p+1/t24-,29-/m0/s1.